The van der Waals surface area contributed by atoms with E-state index in [-0.39, 0.29) is 5.91 Å². The Labute approximate surface area is 149 Å². The monoisotopic (exact) mass is 344 g/mol. The molecule has 2 heterocycles. The number of aromatic nitrogens is 3. The summed E-state index contributed by atoms with van der Waals surface area (Å²) in [7, 11) is 0. The summed E-state index contributed by atoms with van der Waals surface area (Å²) in [4.78, 5) is 23.5. The van der Waals surface area contributed by atoms with Crippen molar-refractivity contribution >= 4 is 22.5 Å². The van der Waals surface area contributed by atoms with Crippen molar-refractivity contribution in [3.05, 3.63) is 78.9 Å². The second-order valence-corrected chi connectivity index (χ2v) is 5.75. The van der Waals surface area contributed by atoms with Gasteiger partial charge in [0.2, 0.25) is 11.8 Å². The second-order valence-electron chi connectivity index (χ2n) is 5.75. The summed E-state index contributed by atoms with van der Waals surface area (Å²) in [6.07, 6.45) is 6.87. The van der Waals surface area contributed by atoms with Crippen molar-refractivity contribution in [3.8, 4) is 11.6 Å². The summed E-state index contributed by atoms with van der Waals surface area (Å²) < 4.78 is 5.58. The summed E-state index contributed by atoms with van der Waals surface area (Å²) >= 11 is 0. The molecular weight excluding hydrogens is 328 g/mol. The van der Waals surface area contributed by atoms with Gasteiger partial charge in [-0.3, -0.25) is 9.78 Å². The van der Waals surface area contributed by atoms with Crippen LogP contribution in [0.25, 0.3) is 10.9 Å². The van der Waals surface area contributed by atoms with Crippen molar-refractivity contribution in [1.82, 2.24) is 15.0 Å². The third-order valence-corrected chi connectivity index (χ3v) is 3.93. The molecule has 0 atom stereocenters. The molecule has 2 aromatic heterocycles. The zero-order chi connectivity index (χ0) is 17.8. The Balaban J connectivity index is 1.40. The number of carbonyl (C=O) groups excluding carboxylic acids is 1. The van der Waals surface area contributed by atoms with Crippen LogP contribution < -0.4 is 10.1 Å². The number of hydrogen-bond donors (Lipinski definition) is 2. The van der Waals surface area contributed by atoms with Crippen LogP contribution in [0, 0.1) is 0 Å². The number of ether oxygens (including phenoxy) is 1. The molecule has 0 saturated carbocycles. The van der Waals surface area contributed by atoms with E-state index in [9.17, 15) is 4.79 Å². The maximum absolute atomic E-state index is 12.3. The first-order valence-corrected chi connectivity index (χ1v) is 8.17. The number of rotatable bonds is 5. The quantitative estimate of drug-likeness (QED) is 0.575. The van der Waals surface area contributed by atoms with Gasteiger partial charge in [-0.05, 0) is 35.9 Å². The molecule has 128 valence electrons. The largest absolute Gasteiger partial charge is 0.438 e. The number of nitrogens with one attached hydrogen (secondary N) is 2. The number of benzene rings is 2. The Morgan fingerprint density at radius 2 is 1.92 bits per heavy atom. The highest BCUT2D eigenvalue weighted by Gasteiger charge is 2.09. The van der Waals surface area contributed by atoms with E-state index in [0.717, 1.165) is 16.5 Å². The fraction of sp³-hybridized carbons (Fsp3) is 0.0500. The fourth-order valence-corrected chi connectivity index (χ4v) is 2.72. The Kier molecular flexibility index (Phi) is 4.30. The SMILES string of the molecule is O=C(Cc1c[nH]c2ccccc12)Nc1ccc(Oc2cnccn2)cc1. The van der Waals surface area contributed by atoms with Crippen molar-refractivity contribution < 1.29 is 9.53 Å². The first kappa shape index (κ1) is 15.8. The molecule has 4 rings (SSSR count). The molecule has 0 radical (unpaired) electrons. The average molecular weight is 344 g/mol. The maximum atomic E-state index is 12.3. The lowest BCUT2D eigenvalue weighted by molar-refractivity contribution is -0.115. The van der Waals surface area contributed by atoms with Gasteiger partial charge in [-0.15, -0.1) is 0 Å². The number of anilines is 1. The van der Waals surface area contributed by atoms with Gasteiger partial charge in [0, 0.05) is 35.2 Å². The van der Waals surface area contributed by atoms with Gasteiger partial charge in [-0.1, -0.05) is 18.2 Å². The van der Waals surface area contributed by atoms with Crippen LogP contribution in [0.3, 0.4) is 0 Å². The number of H-pyrrole nitrogens is 1. The highest BCUT2D eigenvalue weighted by molar-refractivity contribution is 5.95. The molecule has 0 unspecified atom stereocenters. The Morgan fingerprint density at radius 3 is 2.73 bits per heavy atom. The van der Waals surface area contributed by atoms with E-state index in [1.807, 2.05) is 30.5 Å². The molecule has 6 heteroatoms. The van der Waals surface area contributed by atoms with Gasteiger partial charge >= 0.3 is 0 Å². The first-order valence-electron chi connectivity index (χ1n) is 8.17. The summed E-state index contributed by atoms with van der Waals surface area (Å²) in [6.45, 7) is 0. The molecule has 0 aliphatic rings. The van der Waals surface area contributed by atoms with E-state index in [0.29, 0.717) is 23.7 Å². The molecule has 0 saturated heterocycles. The highest BCUT2D eigenvalue weighted by Crippen LogP contribution is 2.22. The minimum Gasteiger partial charge on any atom is -0.438 e. The van der Waals surface area contributed by atoms with Gasteiger partial charge in [-0.25, -0.2) is 4.98 Å². The van der Waals surface area contributed by atoms with E-state index in [2.05, 4.69) is 20.3 Å². The molecule has 0 fully saturated rings. The van der Waals surface area contributed by atoms with Crippen LogP contribution in [0.15, 0.2) is 73.3 Å². The van der Waals surface area contributed by atoms with Gasteiger partial charge in [0.05, 0.1) is 12.6 Å². The number of hydrogen-bond acceptors (Lipinski definition) is 4. The van der Waals surface area contributed by atoms with Crippen molar-refractivity contribution in [2.24, 2.45) is 0 Å². The lowest BCUT2D eigenvalue weighted by atomic mass is 10.1. The van der Waals surface area contributed by atoms with Gasteiger partial charge in [0.15, 0.2) is 0 Å². The van der Waals surface area contributed by atoms with E-state index in [1.54, 1.807) is 36.7 Å². The average Bonchev–Trinajstić information content (AvgIpc) is 3.07. The van der Waals surface area contributed by atoms with Gasteiger partial charge in [0.1, 0.15) is 5.75 Å². The Morgan fingerprint density at radius 1 is 1.08 bits per heavy atom. The van der Waals surface area contributed by atoms with Crippen molar-refractivity contribution in [1.29, 1.82) is 0 Å². The van der Waals surface area contributed by atoms with Crippen molar-refractivity contribution in [3.63, 3.8) is 0 Å². The van der Waals surface area contributed by atoms with Crippen LogP contribution in [0.5, 0.6) is 11.6 Å². The summed E-state index contributed by atoms with van der Waals surface area (Å²) in [5, 5.41) is 3.96. The van der Waals surface area contributed by atoms with Crippen molar-refractivity contribution in [2.75, 3.05) is 5.32 Å². The number of para-hydroxylation sites is 1. The van der Waals surface area contributed by atoms with Gasteiger partial charge < -0.3 is 15.0 Å². The number of carbonyl (C=O) groups is 1. The van der Waals surface area contributed by atoms with Crippen LogP contribution in [0.2, 0.25) is 0 Å². The lowest BCUT2D eigenvalue weighted by Gasteiger charge is -2.07. The molecule has 6 nitrogen and oxygen atoms in total. The lowest BCUT2D eigenvalue weighted by Crippen LogP contribution is -2.14. The molecule has 0 spiro atoms. The predicted molar refractivity (Wildman–Crippen MR) is 99.2 cm³/mol. The second kappa shape index (κ2) is 7.06. The smallest absolute Gasteiger partial charge is 0.237 e. The molecule has 1 amide bonds. The highest BCUT2D eigenvalue weighted by atomic mass is 16.5. The number of aromatic amines is 1. The van der Waals surface area contributed by atoms with Crippen LogP contribution >= 0.6 is 0 Å². The molecule has 0 aliphatic heterocycles. The molecule has 2 aromatic carbocycles. The summed E-state index contributed by atoms with van der Waals surface area (Å²) in [5.74, 6) is 0.973. The fourth-order valence-electron chi connectivity index (χ4n) is 2.72. The zero-order valence-corrected chi connectivity index (χ0v) is 13.8. The third kappa shape index (κ3) is 3.54. The minimum absolute atomic E-state index is 0.0719. The molecule has 2 N–H and O–H groups in total. The van der Waals surface area contributed by atoms with Crippen molar-refractivity contribution in [2.45, 2.75) is 6.42 Å². The van der Waals surface area contributed by atoms with Crippen LogP contribution in [-0.4, -0.2) is 20.9 Å². The standard InChI is InChI=1S/C20H16N4O2/c25-19(11-14-12-23-18-4-2-1-3-17(14)18)24-15-5-7-16(8-6-15)26-20-13-21-9-10-22-20/h1-10,12-13,23H,11H2,(H,24,25). The molecular formula is C20H16N4O2. The first-order chi connectivity index (χ1) is 12.8. The van der Waals surface area contributed by atoms with Crippen LogP contribution in [0.4, 0.5) is 5.69 Å². The van der Waals surface area contributed by atoms with E-state index < -0.39 is 0 Å². The van der Waals surface area contributed by atoms with Gasteiger partial charge in [0.25, 0.3) is 0 Å². The third-order valence-electron chi connectivity index (χ3n) is 3.93. The minimum atomic E-state index is -0.0719. The molecule has 4 aromatic rings. The number of fused-ring (bicyclic) bond motifs is 1. The number of nitrogens with zero attached hydrogens (tertiary/aromatic N) is 2. The Hall–Kier alpha value is -3.67. The zero-order valence-electron chi connectivity index (χ0n) is 13.8. The summed E-state index contributed by atoms with van der Waals surface area (Å²) in [5.41, 5.74) is 2.71. The van der Waals surface area contributed by atoms with E-state index in [1.165, 1.54) is 6.20 Å². The van der Waals surface area contributed by atoms with Gasteiger partial charge in [-0.2, -0.15) is 0 Å². The molecule has 0 bridgehead atoms. The topological polar surface area (TPSA) is 79.9 Å². The summed E-state index contributed by atoms with van der Waals surface area (Å²) in [6, 6.07) is 15.1. The number of amides is 1. The van der Waals surface area contributed by atoms with E-state index in [4.69, 9.17) is 4.74 Å². The Bertz CT molecular complexity index is 1030. The predicted octanol–water partition coefficient (Wildman–Crippen LogP) is 3.93. The maximum Gasteiger partial charge on any atom is 0.237 e. The van der Waals surface area contributed by atoms with E-state index >= 15 is 0 Å². The molecule has 26 heavy (non-hydrogen) atoms. The van der Waals surface area contributed by atoms with Crippen LogP contribution in [0.1, 0.15) is 5.56 Å². The molecule has 0 aliphatic carbocycles. The van der Waals surface area contributed by atoms with Crippen LogP contribution in [-0.2, 0) is 11.2 Å². The normalized spacial score (nSPS) is 10.6.